The van der Waals surface area contributed by atoms with Crippen LogP contribution in [0.1, 0.15) is 46.0 Å². The van der Waals surface area contributed by atoms with Crippen molar-refractivity contribution in [3.63, 3.8) is 0 Å². The first kappa shape index (κ1) is 26.4. The van der Waals surface area contributed by atoms with Crippen LogP contribution >= 0.6 is 24.0 Å². The molecule has 1 saturated heterocycles. The smallest absolute Gasteiger partial charge is 0.225 e. The first-order valence-corrected chi connectivity index (χ1v) is 11.1. The van der Waals surface area contributed by atoms with Crippen molar-refractivity contribution in [2.24, 2.45) is 16.8 Å². The van der Waals surface area contributed by atoms with Crippen molar-refractivity contribution >= 4 is 35.8 Å². The average Bonchev–Trinajstić information content (AvgIpc) is 3.23. The molecule has 29 heavy (non-hydrogen) atoms. The summed E-state index contributed by atoms with van der Waals surface area (Å²) in [6.07, 6.45) is 5.62. The van der Waals surface area contributed by atoms with Gasteiger partial charge in [0.25, 0.3) is 0 Å². The van der Waals surface area contributed by atoms with E-state index in [1.807, 2.05) is 0 Å². The fourth-order valence-corrected chi connectivity index (χ4v) is 3.88. The maximum atomic E-state index is 12.5. The summed E-state index contributed by atoms with van der Waals surface area (Å²) < 4.78 is 5.59. The van der Waals surface area contributed by atoms with E-state index in [2.05, 4.69) is 39.3 Å². The molecule has 1 saturated carbocycles. The topological polar surface area (TPSA) is 69.2 Å². The number of guanidine groups is 1. The Morgan fingerprint density at radius 2 is 1.76 bits per heavy atom. The molecule has 170 valence electrons. The van der Waals surface area contributed by atoms with Gasteiger partial charge in [-0.3, -0.25) is 14.7 Å². The van der Waals surface area contributed by atoms with Crippen molar-refractivity contribution in [2.75, 3.05) is 66.1 Å². The third kappa shape index (κ3) is 10.3. The van der Waals surface area contributed by atoms with E-state index in [1.54, 1.807) is 7.05 Å². The van der Waals surface area contributed by atoms with E-state index in [4.69, 9.17) is 4.74 Å². The number of nitrogens with one attached hydrogen (secondary N) is 2. The highest BCUT2D eigenvalue weighted by atomic mass is 127. The molecule has 2 aliphatic rings. The number of halogens is 1. The maximum absolute atomic E-state index is 12.5. The van der Waals surface area contributed by atoms with Crippen molar-refractivity contribution in [1.82, 2.24) is 20.4 Å². The normalized spacial score (nSPS) is 18.8. The molecule has 0 aromatic rings. The predicted molar refractivity (Wildman–Crippen MR) is 130 cm³/mol. The zero-order valence-electron chi connectivity index (χ0n) is 18.6. The van der Waals surface area contributed by atoms with Crippen molar-refractivity contribution in [3.05, 3.63) is 0 Å². The molecule has 2 rings (SSSR count). The summed E-state index contributed by atoms with van der Waals surface area (Å²) in [5.41, 5.74) is 0. The Kier molecular flexibility index (Phi) is 13.9. The zero-order chi connectivity index (χ0) is 20.2. The van der Waals surface area contributed by atoms with Crippen LogP contribution in [0.15, 0.2) is 4.99 Å². The summed E-state index contributed by atoms with van der Waals surface area (Å²) in [5.74, 6) is 2.14. The van der Waals surface area contributed by atoms with Crippen LogP contribution in [0.4, 0.5) is 0 Å². The van der Waals surface area contributed by atoms with Gasteiger partial charge in [0.05, 0.1) is 0 Å². The summed E-state index contributed by atoms with van der Waals surface area (Å²) in [4.78, 5) is 21.3. The first-order valence-electron chi connectivity index (χ1n) is 11.1. The SMILES string of the molecule is CN=C(NCCCOCC(C)C)NCCN1CCN(C(=O)C2CCCC2)CC1.I. The number of hydrogen-bond acceptors (Lipinski definition) is 4. The van der Waals surface area contributed by atoms with E-state index in [-0.39, 0.29) is 24.0 Å². The molecule has 2 fully saturated rings. The fourth-order valence-electron chi connectivity index (χ4n) is 3.88. The molecule has 0 bridgehead atoms. The lowest BCUT2D eigenvalue weighted by atomic mass is 10.1. The van der Waals surface area contributed by atoms with Gasteiger partial charge in [-0.15, -0.1) is 24.0 Å². The number of nitrogens with zero attached hydrogens (tertiary/aromatic N) is 3. The lowest BCUT2D eigenvalue weighted by Crippen LogP contribution is -2.51. The van der Waals surface area contributed by atoms with Crippen LogP contribution in [0.3, 0.4) is 0 Å². The van der Waals surface area contributed by atoms with Gasteiger partial charge in [-0.25, -0.2) is 0 Å². The number of carbonyl (C=O) groups is 1. The Morgan fingerprint density at radius 1 is 1.10 bits per heavy atom. The van der Waals surface area contributed by atoms with Gasteiger partial charge in [-0.2, -0.15) is 0 Å². The Labute approximate surface area is 194 Å². The Morgan fingerprint density at radius 3 is 2.38 bits per heavy atom. The highest BCUT2D eigenvalue weighted by Gasteiger charge is 2.29. The molecule has 2 N–H and O–H groups in total. The van der Waals surface area contributed by atoms with Crippen LogP contribution in [0, 0.1) is 11.8 Å². The molecule has 0 unspecified atom stereocenters. The Hall–Kier alpha value is -0.610. The molecule has 0 atom stereocenters. The van der Waals surface area contributed by atoms with E-state index in [0.717, 1.165) is 84.2 Å². The van der Waals surface area contributed by atoms with Crippen molar-refractivity contribution < 1.29 is 9.53 Å². The molecule has 1 aliphatic heterocycles. The monoisotopic (exact) mass is 523 g/mol. The summed E-state index contributed by atoms with van der Waals surface area (Å²) in [6.45, 7) is 12.3. The van der Waals surface area contributed by atoms with E-state index in [9.17, 15) is 4.79 Å². The average molecular weight is 524 g/mol. The van der Waals surface area contributed by atoms with Crippen LogP contribution in [0.25, 0.3) is 0 Å². The van der Waals surface area contributed by atoms with Gasteiger partial charge >= 0.3 is 0 Å². The summed E-state index contributed by atoms with van der Waals surface area (Å²) in [7, 11) is 1.80. The lowest BCUT2D eigenvalue weighted by molar-refractivity contribution is -0.137. The van der Waals surface area contributed by atoms with Crippen LogP contribution in [-0.4, -0.2) is 87.7 Å². The van der Waals surface area contributed by atoms with Crippen LogP contribution in [0.5, 0.6) is 0 Å². The molecule has 7 nitrogen and oxygen atoms in total. The third-order valence-electron chi connectivity index (χ3n) is 5.54. The largest absolute Gasteiger partial charge is 0.381 e. The van der Waals surface area contributed by atoms with Gasteiger partial charge in [0.1, 0.15) is 0 Å². The minimum atomic E-state index is 0. The van der Waals surface area contributed by atoms with Gasteiger partial charge in [0.15, 0.2) is 5.96 Å². The molecule has 1 amide bonds. The second-order valence-electron chi connectivity index (χ2n) is 8.40. The first-order chi connectivity index (χ1) is 13.6. The number of hydrogen-bond donors (Lipinski definition) is 2. The minimum Gasteiger partial charge on any atom is -0.381 e. The number of piperazine rings is 1. The number of rotatable bonds is 10. The van der Waals surface area contributed by atoms with E-state index < -0.39 is 0 Å². The van der Waals surface area contributed by atoms with Gasteiger partial charge < -0.3 is 20.3 Å². The molecule has 0 aromatic heterocycles. The van der Waals surface area contributed by atoms with Crippen molar-refractivity contribution in [1.29, 1.82) is 0 Å². The molecule has 0 aromatic carbocycles. The van der Waals surface area contributed by atoms with Crippen LogP contribution in [-0.2, 0) is 9.53 Å². The molecule has 0 radical (unpaired) electrons. The molecule has 1 heterocycles. The minimum absolute atomic E-state index is 0. The molecular formula is C21H42IN5O2. The van der Waals surface area contributed by atoms with Crippen LogP contribution in [0.2, 0.25) is 0 Å². The quantitative estimate of drug-likeness (QED) is 0.199. The highest BCUT2D eigenvalue weighted by Crippen LogP contribution is 2.26. The molecule has 8 heteroatoms. The lowest BCUT2D eigenvalue weighted by Gasteiger charge is -2.36. The second kappa shape index (κ2) is 15.2. The second-order valence-corrected chi connectivity index (χ2v) is 8.40. The van der Waals surface area contributed by atoms with Gasteiger partial charge in [0, 0.05) is 72.0 Å². The fraction of sp³-hybridized carbons (Fsp3) is 0.905. The Balaban J connectivity index is 0.00000420. The molecule has 1 aliphatic carbocycles. The zero-order valence-corrected chi connectivity index (χ0v) is 21.0. The molecular weight excluding hydrogens is 481 g/mol. The number of amides is 1. The molecule has 0 spiro atoms. The van der Waals surface area contributed by atoms with Crippen LogP contribution < -0.4 is 10.6 Å². The summed E-state index contributed by atoms with van der Waals surface area (Å²) in [5, 5.41) is 6.72. The maximum Gasteiger partial charge on any atom is 0.225 e. The predicted octanol–water partition coefficient (Wildman–Crippen LogP) is 2.17. The van der Waals surface area contributed by atoms with Gasteiger partial charge in [-0.05, 0) is 25.2 Å². The summed E-state index contributed by atoms with van der Waals surface area (Å²) in [6, 6.07) is 0. The third-order valence-corrected chi connectivity index (χ3v) is 5.54. The summed E-state index contributed by atoms with van der Waals surface area (Å²) >= 11 is 0. The van der Waals surface area contributed by atoms with E-state index in [1.165, 1.54) is 12.8 Å². The van der Waals surface area contributed by atoms with Crippen molar-refractivity contribution in [2.45, 2.75) is 46.0 Å². The highest BCUT2D eigenvalue weighted by molar-refractivity contribution is 14.0. The number of ether oxygens (including phenoxy) is 1. The number of carbonyl (C=O) groups excluding carboxylic acids is 1. The standard InChI is InChI=1S/C21H41N5O2.HI/c1-18(2)17-28-16-6-9-23-21(22-3)24-10-11-25-12-14-26(15-13-25)20(27)19-7-4-5-8-19;/h18-19H,4-17H2,1-3H3,(H2,22,23,24);1H. The van der Waals surface area contributed by atoms with E-state index in [0.29, 0.717) is 17.7 Å². The number of aliphatic imine (C=N–C) groups is 1. The van der Waals surface area contributed by atoms with E-state index >= 15 is 0 Å². The van der Waals surface area contributed by atoms with Crippen molar-refractivity contribution in [3.8, 4) is 0 Å². The Bertz CT molecular complexity index is 476. The van der Waals surface area contributed by atoms with Gasteiger partial charge in [0.2, 0.25) is 5.91 Å². The van der Waals surface area contributed by atoms with Gasteiger partial charge in [-0.1, -0.05) is 26.7 Å².